The van der Waals surface area contributed by atoms with Crippen LogP contribution in [-0.2, 0) is 13.1 Å². The molecule has 3 aromatic heterocycles. The maximum absolute atomic E-state index is 13.8. The molecule has 184 valence electrons. The van der Waals surface area contributed by atoms with Gasteiger partial charge in [0.1, 0.15) is 23.3 Å². The van der Waals surface area contributed by atoms with Crippen LogP contribution in [-0.4, -0.2) is 36.5 Å². The van der Waals surface area contributed by atoms with E-state index >= 15 is 0 Å². The minimum Gasteiger partial charge on any atom is -0.470 e. The van der Waals surface area contributed by atoms with Crippen LogP contribution in [0.15, 0.2) is 66.0 Å². The van der Waals surface area contributed by atoms with Crippen molar-refractivity contribution in [1.29, 1.82) is 0 Å². The summed E-state index contributed by atoms with van der Waals surface area (Å²) < 4.78 is 23.1. The Labute approximate surface area is 207 Å². The van der Waals surface area contributed by atoms with Gasteiger partial charge in [0.25, 0.3) is 11.5 Å². The van der Waals surface area contributed by atoms with E-state index in [9.17, 15) is 14.0 Å². The largest absolute Gasteiger partial charge is 0.470 e. The van der Waals surface area contributed by atoms with E-state index in [1.807, 2.05) is 26.8 Å². The van der Waals surface area contributed by atoms with Gasteiger partial charge in [-0.2, -0.15) is 0 Å². The van der Waals surface area contributed by atoms with Gasteiger partial charge in [-0.3, -0.25) is 9.59 Å². The van der Waals surface area contributed by atoms with Crippen LogP contribution in [0.4, 0.5) is 4.39 Å². The second-order valence-corrected chi connectivity index (χ2v) is 8.94. The number of hydrogen-bond donors (Lipinski definition) is 0. The molecule has 0 aliphatic carbocycles. The van der Waals surface area contributed by atoms with Gasteiger partial charge < -0.3 is 18.8 Å². The smallest absolute Gasteiger partial charge is 0.275 e. The summed E-state index contributed by atoms with van der Waals surface area (Å²) in [4.78, 5) is 36.6. The van der Waals surface area contributed by atoms with Gasteiger partial charge in [-0.05, 0) is 62.2 Å². The van der Waals surface area contributed by atoms with E-state index in [0.717, 1.165) is 22.4 Å². The fourth-order valence-electron chi connectivity index (χ4n) is 4.50. The summed E-state index contributed by atoms with van der Waals surface area (Å²) >= 11 is 0. The Morgan fingerprint density at radius 2 is 1.92 bits per heavy atom. The third-order valence-corrected chi connectivity index (χ3v) is 6.42. The van der Waals surface area contributed by atoms with Crippen molar-refractivity contribution in [3.63, 3.8) is 0 Å². The Morgan fingerprint density at radius 3 is 2.69 bits per heavy atom. The maximum Gasteiger partial charge on any atom is 0.275 e. The second kappa shape index (κ2) is 9.41. The average Bonchev–Trinajstić information content (AvgIpc) is 3.29. The highest BCUT2D eigenvalue weighted by Crippen LogP contribution is 2.27. The van der Waals surface area contributed by atoms with Gasteiger partial charge in [-0.1, -0.05) is 12.1 Å². The summed E-state index contributed by atoms with van der Waals surface area (Å²) in [6.07, 6.45) is 4.55. The molecule has 4 aromatic rings. The predicted octanol–water partition coefficient (Wildman–Crippen LogP) is 3.98. The number of hydrogen-bond acceptors (Lipinski definition) is 5. The molecule has 1 unspecified atom stereocenters. The van der Waals surface area contributed by atoms with Crippen molar-refractivity contribution >= 4 is 5.91 Å². The topological polar surface area (TPSA) is 82.3 Å². The molecule has 0 spiro atoms. The van der Waals surface area contributed by atoms with Crippen molar-refractivity contribution in [3.8, 4) is 11.6 Å². The Bertz CT molecular complexity index is 1510. The van der Waals surface area contributed by atoms with Crippen LogP contribution in [0.5, 0.6) is 5.88 Å². The van der Waals surface area contributed by atoms with Crippen LogP contribution in [0.25, 0.3) is 5.69 Å². The number of carbonyl (C=O) groups is 1. The highest BCUT2D eigenvalue weighted by Gasteiger charge is 2.27. The van der Waals surface area contributed by atoms with Gasteiger partial charge in [-0.15, -0.1) is 0 Å². The Morgan fingerprint density at radius 1 is 1.08 bits per heavy atom. The number of pyridine rings is 2. The molecule has 0 bridgehead atoms. The Hall–Kier alpha value is -4.27. The molecule has 9 heteroatoms. The Balaban J connectivity index is 1.37. The first-order chi connectivity index (χ1) is 17.3. The number of rotatable bonds is 6. The minimum atomic E-state index is -0.434. The third kappa shape index (κ3) is 4.39. The summed E-state index contributed by atoms with van der Waals surface area (Å²) in [5.74, 6) is -0.183. The van der Waals surface area contributed by atoms with Crippen molar-refractivity contribution in [2.45, 2.75) is 40.0 Å². The fourth-order valence-corrected chi connectivity index (χ4v) is 4.50. The summed E-state index contributed by atoms with van der Waals surface area (Å²) in [7, 11) is 0. The molecule has 1 amide bonds. The van der Waals surface area contributed by atoms with E-state index in [1.54, 1.807) is 52.5 Å². The highest BCUT2D eigenvalue weighted by molar-refractivity contribution is 5.93. The molecule has 1 aliphatic heterocycles. The SMILES string of the molecule is Cc1cn(-c2ccc3n(c2=O)CCN(Cc2cccnc2OC(C)c2cc(F)ccc2C)C3=O)cn1. The molecule has 0 fully saturated rings. The maximum atomic E-state index is 13.8. The lowest BCUT2D eigenvalue weighted by atomic mass is 10.0. The average molecular weight is 488 g/mol. The zero-order chi connectivity index (χ0) is 25.4. The van der Waals surface area contributed by atoms with Gasteiger partial charge in [0.05, 0.1) is 18.6 Å². The quantitative estimate of drug-likeness (QED) is 0.411. The second-order valence-electron chi connectivity index (χ2n) is 8.94. The normalized spacial score (nSPS) is 14.0. The van der Waals surface area contributed by atoms with Crippen molar-refractivity contribution in [1.82, 2.24) is 24.0 Å². The summed E-state index contributed by atoms with van der Waals surface area (Å²) in [6, 6.07) is 11.6. The van der Waals surface area contributed by atoms with Gasteiger partial charge >= 0.3 is 0 Å². The molecule has 1 aromatic carbocycles. The number of fused-ring (bicyclic) bond motifs is 1. The van der Waals surface area contributed by atoms with Crippen molar-refractivity contribution in [3.05, 3.63) is 105 Å². The first-order valence-electron chi connectivity index (χ1n) is 11.7. The third-order valence-electron chi connectivity index (χ3n) is 6.42. The lowest BCUT2D eigenvalue weighted by Crippen LogP contribution is -2.44. The van der Waals surface area contributed by atoms with Gasteiger partial charge in [0.15, 0.2) is 0 Å². The van der Waals surface area contributed by atoms with Crippen molar-refractivity contribution < 1.29 is 13.9 Å². The van der Waals surface area contributed by atoms with Crippen LogP contribution in [0.1, 0.15) is 45.9 Å². The first-order valence-corrected chi connectivity index (χ1v) is 11.7. The van der Waals surface area contributed by atoms with Crippen molar-refractivity contribution in [2.75, 3.05) is 6.54 Å². The van der Waals surface area contributed by atoms with Gasteiger partial charge in [-0.25, -0.2) is 14.4 Å². The molecule has 0 N–H and O–H groups in total. The molecular formula is C27H26FN5O3. The number of nitrogens with zero attached hydrogens (tertiary/aromatic N) is 5. The van der Waals surface area contributed by atoms with Crippen LogP contribution < -0.4 is 10.3 Å². The summed E-state index contributed by atoms with van der Waals surface area (Å²) in [5.41, 5.74) is 3.73. The molecule has 1 atom stereocenters. The number of aromatic nitrogens is 4. The lowest BCUT2D eigenvalue weighted by Gasteiger charge is -2.30. The van der Waals surface area contributed by atoms with E-state index in [2.05, 4.69) is 9.97 Å². The Kier molecular flexibility index (Phi) is 6.13. The van der Waals surface area contributed by atoms with E-state index in [0.29, 0.717) is 30.4 Å². The molecule has 0 saturated carbocycles. The fraction of sp³-hybridized carbons (Fsp3) is 0.259. The van der Waals surface area contributed by atoms with Crippen LogP contribution in [0.3, 0.4) is 0 Å². The zero-order valence-corrected chi connectivity index (χ0v) is 20.3. The molecule has 36 heavy (non-hydrogen) atoms. The lowest BCUT2D eigenvalue weighted by molar-refractivity contribution is 0.0683. The summed E-state index contributed by atoms with van der Waals surface area (Å²) in [6.45, 7) is 6.60. The zero-order valence-electron chi connectivity index (χ0n) is 20.3. The highest BCUT2D eigenvalue weighted by atomic mass is 19.1. The van der Waals surface area contributed by atoms with Crippen LogP contribution in [0.2, 0.25) is 0 Å². The number of imidazole rings is 1. The molecule has 0 radical (unpaired) electrons. The number of benzene rings is 1. The van der Waals surface area contributed by atoms with E-state index < -0.39 is 6.10 Å². The number of ether oxygens (including phenoxy) is 1. The van der Waals surface area contributed by atoms with Gasteiger partial charge in [0.2, 0.25) is 5.88 Å². The number of aryl methyl sites for hydroxylation is 2. The summed E-state index contributed by atoms with van der Waals surface area (Å²) in [5, 5.41) is 0. The standard InChI is InChI=1S/C27H26FN5O3/c1-17-6-7-21(28)13-22(17)19(3)36-25-20(5-4-10-29-25)15-31-11-12-33-24(26(31)34)9-8-23(27(33)35)32-14-18(2)30-16-32/h4-10,13-14,16,19H,11-12,15H2,1-3H3. The molecule has 1 aliphatic rings. The predicted molar refractivity (Wildman–Crippen MR) is 132 cm³/mol. The number of amides is 1. The van der Waals surface area contributed by atoms with E-state index in [4.69, 9.17) is 4.74 Å². The number of carbonyl (C=O) groups excluding carboxylic acids is 1. The van der Waals surface area contributed by atoms with E-state index in [1.165, 1.54) is 16.7 Å². The molecule has 0 saturated heterocycles. The number of halogens is 1. The van der Waals surface area contributed by atoms with Crippen LogP contribution in [0, 0.1) is 19.7 Å². The first kappa shape index (κ1) is 23.5. The van der Waals surface area contributed by atoms with Gasteiger partial charge in [0, 0.05) is 31.0 Å². The van der Waals surface area contributed by atoms with Crippen LogP contribution >= 0.6 is 0 Å². The molecule has 8 nitrogen and oxygen atoms in total. The molecule has 5 rings (SSSR count). The van der Waals surface area contributed by atoms with Crippen molar-refractivity contribution in [2.24, 2.45) is 0 Å². The minimum absolute atomic E-state index is 0.234. The molecule has 4 heterocycles. The monoisotopic (exact) mass is 487 g/mol. The van der Waals surface area contributed by atoms with E-state index in [-0.39, 0.29) is 23.8 Å². The molecular weight excluding hydrogens is 461 g/mol.